The fourth-order valence-electron chi connectivity index (χ4n) is 2.30. The average molecular weight is 315 g/mol. The van der Waals surface area contributed by atoms with Gasteiger partial charge in [0, 0.05) is 44.2 Å². The van der Waals surface area contributed by atoms with Crippen molar-refractivity contribution < 1.29 is 14.3 Å². The Morgan fingerprint density at radius 3 is 2.61 bits per heavy atom. The van der Waals surface area contributed by atoms with Gasteiger partial charge in [-0.1, -0.05) is 0 Å². The lowest BCUT2D eigenvalue weighted by atomic mass is 10.1. The summed E-state index contributed by atoms with van der Waals surface area (Å²) in [4.78, 5) is 27.8. The van der Waals surface area contributed by atoms with Crippen LogP contribution in [-0.2, 0) is 27.3 Å². The van der Waals surface area contributed by atoms with Crippen LogP contribution in [0.2, 0.25) is 0 Å². The molecule has 0 radical (unpaired) electrons. The van der Waals surface area contributed by atoms with Gasteiger partial charge in [0.05, 0.1) is 7.11 Å². The lowest BCUT2D eigenvalue weighted by Gasteiger charge is -2.16. The molecule has 23 heavy (non-hydrogen) atoms. The Bertz CT molecular complexity index is 611. The van der Waals surface area contributed by atoms with Crippen LogP contribution in [0.25, 0.3) is 0 Å². The fourth-order valence-corrected chi connectivity index (χ4v) is 2.30. The van der Waals surface area contributed by atoms with Crippen molar-refractivity contribution in [3.63, 3.8) is 0 Å². The van der Waals surface area contributed by atoms with Crippen molar-refractivity contribution in [1.82, 2.24) is 14.9 Å². The van der Waals surface area contributed by atoms with Gasteiger partial charge < -0.3 is 14.6 Å². The molecule has 0 saturated carbocycles. The lowest BCUT2D eigenvalue weighted by molar-refractivity contribution is -0.145. The number of rotatable bonds is 8. The fraction of sp³-hybridized carbons (Fsp3) is 0.353. The smallest absolute Gasteiger partial charge is 0.328 e. The van der Waals surface area contributed by atoms with E-state index < -0.39 is 12.0 Å². The predicted molar refractivity (Wildman–Crippen MR) is 85.6 cm³/mol. The summed E-state index contributed by atoms with van der Waals surface area (Å²) in [6.07, 6.45) is 8.69. The number of hydrogen-bond acceptors (Lipinski definition) is 4. The summed E-state index contributed by atoms with van der Waals surface area (Å²) >= 11 is 0. The van der Waals surface area contributed by atoms with Crippen LogP contribution in [0.15, 0.2) is 49.1 Å². The molecule has 0 aliphatic heterocycles. The Balaban J connectivity index is 1.84. The molecule has 1 amide bonds. The molecule has 0 aliphatic rings. The number of nitrogens with zero attached hydrogens (tertiary/aromatic N) is 2. The number of carbonyl (C=O) groups is 2. The first-order chi connectivity index (χ1) is 11.2. The van der Waals surface area contributed by atoms with Crippen LogP contribution in [0.3, 0.4) is 0 Å². The van der Waals surface area contributed by atoms with E-state index in [1.54, 1.807) is 12.4 Å². The van der Waals surface area contributed by atoms with E-state index in [0.717, 1.165) is 12.1 Å². The number of carbonyl (C=O) groups excluding carboxylic acids is 2. The normalized spacial score (nSPS) is 11.7. The Kier molecular flexibility index (Phi) is 6.35. The summed E-state index contributed by atoms with van der Waals surface area (Å²) in [6, 6.07) is 6.84. The van der Waals surface area contributed by atoms with Gasteiger partial charge in [-0.2, -0.15) is 0 Å². The number of amides is 1. The molecule has 0 saturated heterocycles. The van der Waals surface area contributed by atoms with Crippen LogP contribution < -0.4 is 5.32 Å². The number of nitrogens with one attached hydrogen (secondary N) is 1. The maximum Gasteiger partial charge on any atom is 0.328 e. The maximum atomic E-state index is 12.1. The second-order valence-corrected chi connectivity index (χ2v) is 5.23. The van der Waals surface area contributed by atoms with E-state index in [4.69, 9.17) is 4.74 Å². The van der Waals surface area contributed by atoms with Gasteiger partial charge in [-0.3, -0.25) is 9.78 Å². The minimum Gasteiger partial charge on any atom is -0.467 e. The van der Waals surface area contributed by atoms with Gasteiger partial charge in [0.25, 0.3) is 0 Å². The van der Waals surface area contributed by atoms with Gasteiger partial charge >= 0.3 is 5.97 Å². The van der Waals surface area contributed by atoms with Gasteiger partial charge in [0.2, 0.25) is 5.91 Å². The highest BCUT2D eigenvalue weighted by atomic mass is 16.5. The summed E-state index contributed by atoms with van der Waals surface area (Å²) < 4.78 is 6.79. The molecular formula is C17H21N3O3. The number of aromatic nitrogens is 2. The molecule has 122 valence electrons. The first-order valence-corrected chi connectivity index (χ1v) is 7.56. The van der Waals surface area contributed by atoms with Crippen LogP contribution in [0.4, 0.5) is 0 Å². The number of esters is 1. The third-order valence-electron chi connectivity index (χ3n) is 3.50. The molecule has 1 atom stereocenters. The molecule has 2 rings (SSSR count). The Labute approximate surface area is 135 Å². The van der Waals surface area contributed by atoms with E-state index >= 15 is 0 Å². The second kappa shape index (κ2) is 8.73. The van der Waals surface area contributed by atoms with Crippen LogP contribution in [-0.4, -0.2) is 34.6 Å². The molecule has 0 aromatic carbocycles. The van der Waals surface area contributed by atoms with Crippen molar-refractivity contribution in [2.75, 3.05) is 7.11 Å². The van der Waals surface area contributed by atoms with Gasteiger partial charge in [-0.25, -0.2) is 4.79 Å². The largest absolute Gasteiger partial charge is 0.467 e. The van der Waals surface area contributed by atoms with Crippen LogP contribution >= 0.6 is 0 Å². The molecule has 2 aromatic rings. The summed E-state index contributed by atoms with van der Waals surface area (Å²) in [5, 5.41) is 2.75. The third-order valence-corrected chi connectivity index (χ3v) is 3.50. The number of hydrogen-bond donors (Lipinski definition) is 1. The number of pyridine rings is 1. The molecule has 2 aromatic heterocycles. The standard InChI is InChI=1S/C17H21N3O3/c1-23-17(22)15(13-14-6-8-18-9-7-14)19-16(21)5-4-12-20-10-2-3-11-20/h2-3,6-11,15H,4-5,12-13H2,1H3,(H,19,21)/t15-/m0/s1. The molecular weight excluding hydrogens is 294 g/mol. The summed E-state index contributed by atoms with van der Waals surface area (Å²) in [5.41, 5.74) is 0.919. The summed E-state index contributed by atoms with van der Waals surface area (Å²) in [7, 11) is 1.32. The molecule has 0 bridgehead atoms. The van der Waals surface area contributed by atoms with E-state index in [1.807, 2.05) is 41.2 Å². The number of ether oxygens (including phenoxy) is 1. The first kappa shape index (κ1) is 16.7. The zero-order valence-electron chi connectivity index (χ0n) is 13.1. The molecule has 0 fully saturated rings. The van der Waals surface area contributed by atoms with E-state index in [2.05, 4.69) is 10.3 Å². The predicted octanol–water partition coefficient (Wildman–Crippen LogP) is 1.56. The number of methoxy groups -OCH3 is 1. The monoisotopic (exact) mass is 315 g/mol. The van der Waals surface area contributed by atoms with Crippen LogP contribution in [0.5, 0.6) is 0 Å². The molecule has 0 aliphatic carbocycles. The van der Waals surface area contributed by atoms with Crippen molar-refractivity contribution >= 4 is 11.9 Å². The molecule has 2 heterocycles. The SMILES string of the molecule is COC(=O)[C@H](Cc1ccncc1)NC(=O)CCCn1cccc1. The quantitative estimate of drug-likeness (QED) is 0.750. The van der Waals surface area contributed by atoms with E-state index in [0.29, 0.717) is 19.3 Å². The van der Waals surface area contributed by atoms with Gasteiger partial charge in [-0.15, -0.1) is 0 Å². The Morgan fingerprint density at radius 1 is 1.26 bits per heavy atom. The van der Waals surface area contributed by atoms with Crippen molar-refractivity contribution in [2.24, 2.45) is 0 Å². The average Bonchev–Trinajstić information content (AvgIpc) is 3.08. The van der Waals surface area contributed by atoms with Crippen LogP contribution in [0.1, 0.15) is 18.4 Å². The third kappa shape index (κ3) is 5.58. The highest BCUT2D eigenvalue weighted by Gasteiger charge is 2.21. The van der Waals surface area contributed by atoms with Crippen molar-refractivity contribution in [3.05, 3.63) is 54.6 Å². The minimum absolute atomic E-state index is 0.151. The van der Waals surface area contributed by atoms with Crippen molar-refractivity contribution in [1.29, 1.82) is 0 Å². The molecule has 0 spiro atoms. The van der Waals surface area contributed by atoms with Gasteiger partial charge in [0.1, 0.15) is 6.04 Å². The van der Waals surface area contributed by atoms with E-state index in [9.17, 15) is 9.59 Å². The van der Waals surface area contributed by atoms with E-state index in [1.165, 1.54) is 7.11 Å². The second-order valence-electron chi connectivity index (χ2n) is 5.23. The van der Waals surface area contributed by atoms with Crippen LogP contribution in [0, 0.1) is 0 Å². The van der Waals surface area contributed by atoms with E-state index in [-0.39, 0.29) is 5.91 Å². The number of aryl methyl sites for hydroxylation is 1. The summed E-state index contributed by atoms with van der Waals surface area (Å²) in [6.45, 7) is 0.771. The molecule has 6 nitrogen and oxygen atoms in total. The highest BCUT2D eigenvalue weighted by molar-refractivity contribution is 5.84. The zero-order chi connectivity index (χ0) is 16.5. The summed E-state index contributed by atoms with van der Waals surface area (Å²) in [5.74, 6) is -0.595. The molecule has 6 heteroatoms. The zero-order valence-corrected chi connectivity index (χ0v) is 13.1. The lowest BCUT2D eigenvalue weighted by Crippen LogP contribution is -2.43. The topological polar surface area (TPSA) is 73.2 Å². The Morgan fingerprint density at radius 2 is 1.96 bits per heavy atom. The minimum atomic E-state index is -0.679. The van der Waals surface area contributed by atoms with Gasteiger partial charge in [0.15, 0.2) is 0 Å². The Hall–Kier alpha value is -2.63. The van der Waals surface area contributed by atoms with Crippen molar-refractivity contribution in [2.45, 2.75) is 31.8 Å². The molecule has 0 unspecified atom stereocenters. The highest BCUT2D eigenvalue weighted by Crippen LogP contribution is 2.05. The van der Waals surface area contributed by atoms with Crippen molar-refractivity contribution in [3.8, 4) is 0 Å². The maximum absolute atomic E-state index is 12.1. The molecule has 1 N–H and O–H groups in total. The first-order valence-electron chi connectivity index (χ1n) is 7.56. The van der Waals surface area contributed by atoms with Gasteiger partial charge in [-0.05, 0) is 36.2 Å².